The predicted molar refractivity (Wildman–Crippen MR) is 297 cm³/mol. The molecule has 0 bridgehead atoms. The van der Waals surface area contributed by atoms with Crippen molar-refractivity contribution in [1.29, 1.82) is 0 Å². The Morgan fingerprint density at radius 2 is 0.662 bits per heavy atom. The van der Waals surface area contributed by atoms with Crippen LogP contribution in [0.3, 0.4) is 0 Å². The number of carbonyl (C=O) groups excluding carboxylic acids is 2. The first-order valence-corrected chi connectivity index (χ1v) is 28.4. The molecule has 1 atom stereocenters. The number of rotatable bonds is 51. The summed E-state index contributed by atoms with van der Waals surface area (Å²) in [5.41, 5.74) is 0. The Morgan fingerprint density at radius 1 is 0.338 bits per heavy atom. The first kappa shape index (κ1) is 64.6. The van der Waals surface area contributed by atoms with E-state index in [1.54, 1.807) is 0 Å². The van der Waals surface area contributed by atoms with Gasteiger partial charge < -0.3 is 14.2 Å². The summed E-state index contributed by atoms with van der Waals surface area (Å²) in [6.07, 6.45) is 79.6. The lowest BCUT2D eigenvalue weighted by Crippen LogP contribution is -2.30. The Morgan fingerprint density at radius 3 is 1.06 bits per heavy atom. The number of hydrogen-bond acceptors (Lipinski definition) is 5. The molecule has 0 aliphatic carbocycles. The number of ether oxygens (including phenoxy) is 3. The van der Waals surface area contributed by atoms with E-state index in [4.69, 9.17) is 14.2 Å². The van der Waals surface area contributed by atoms with E-state index in [0.717, 1.165) is 116 Å². The van der Waals surface area contributed by atoms with Gasteiger partial charge in [-0.25, -0.2) is 0 Å². The Kier molecular flexibility index (Phi) is 54.9. The van der Waals surface area contributed by atoms with Crippen LogP contribution in [0.25, 0.3) is 0 Å². The highest BCUT2D eigenvalue weighted by atomic mass is 16.6. The molecule has 0 fully saturated rings. The van der Waals surface area contributed by atoms with E-state index in [9.17, 15) is 9.59 Å². The summed E-state index contributed by atoms with van der Waals surface area (Å²) in [6.45, 7) is 7.53. The fourth-order valence-corrected chi connectivity index (χ4v) is 7.60. The van der Waals surface area contributed by atoms with E-state index in [1.807, 2.05) is 0 Å². The summed E-state index contributed by atoms with van der Waals surface area (Å²) < 4.78 is 17.5. The molecule has 0 aromatic rings. The van der Waals surface area contributed by atoms with Gasteiger partial charge in [-0.1, -0.05) is 226 Å². The fourth-order valence-electron chi connectivity index (χ4n) is 7.60. The van der Waals surface area contributed by atoms with Crippen LogP contribution < -0.4 is 0 Å². The van der Waals surface area contributed by atoms with Gasteiger partial charge in [-0.15, -0.1) is 0 Å². The maximum Gasteiger partial charge on any atom is 0.306 e. The predicted octanol–water partition coefficient (Wildman–Crippen LogP) is 19.6. The van der Waals surface area contributed by atoms with Crippen molar-refractivity contribution < 1.29 is 23.8 Å². The molecule has 0 radical (unpaired) electrons. The second-order valence-corrected chi connectivity index (χ2v) is 18.4. The van der Waals surface area contributed by atoms with Gasteiger partial charge in [-0.05, 0) is 122 Å². The third-order valence-electron chi connectivity index (χ3n) is 11.8. The minimum absolute atomic E-state index is 0.0631. The van der Waals surface area contributed by atoms with E-state index >= 15 is 0 Å². The van der Waals surface area contributed by atoms with Gasteiger partial charge in [0, 0.05) is 19.4 Å². The summed E-state index contributed by atoms with van der Waals surface area (Å²) in [4.78, 5) is 25.5. The SMILES string of the molecule is CC/C=C\C/C=C\C/C=C\CCCCCCCCCC(=O)OCC(COCCCCCCCCC/C=C\C/C=C\C/C=C\CCCCC)OC(=O)CCCCCCC/C=C\C/C=C\C/C=C\CC. The van der Waals surface area contributed by atoms with Crippen LogP contribution in [0.1, 0.15) is 252 Å². The summed E-state index contributed by atoms with van der Waals surface area (Å²) >= 11 is 0. The highest BCUT2D eigenvalue weighted by Crippen LogP contribution is 2.14. The molecule has 0 saturated heterocycles. The summed E-state index contributed by atoms with van der Waals surface area (Å²) in [5.74, 6) is -0.435. The zero-order chi connectivity index (χ0) is 49.2. The highest BCUT2D eigenvalue weighted by molar-refractivity contribution is 5.70. The lowest BCUT2D eigenvalue weighted by Gasteiger charge is -2.18. The van der Waals surface area contributed by atoms with Crippen LogP contribution in [0, 0.1) is 0 Å². The summed E-state index contributed by atoms with van der Waals surface area (Å²) in [6, 6.07) is 0. The number of allylic oxidation sites excluding steroid dienone is 18. The molecule has 388 valence electrons. The largest absolute Gasteiger partial charge is 0.462 e. The van der Waals surface area contributed by atoms with Crippen LogP contribution in [0.15, 0.2) is 109 Å². The normalized spacial score (nSPS) is 13.0. The van der Waals surface area contributed by atoms with Crippen molar-refractivity contribution in [3.8, 4) is 0 Å². The Bertz CT molecular complexity index is 1340. The second-order valence-electron chi connectivity index (χ2n) is 18.4. The van der Waals surface area contributed by atoms with Crippen molar-refractivity contribution in [2.75, 3.05) is 19.8 Å². The van der Waals surface area contributed by atoms with Gasteiger partial charge >= 0.3 is 11.9 Å². The van der Waals surface area contributed by atoms with Crippen LogP contribution in [0.2, 0.25) is 0 Å². The quantitative estimate of drug-likeness (QED) is 0.0345. The molecule has 0 N–H and O–H groups in total. The maximum absolute atomic E-state index is 12.8. The van der Waals surface area contributed by atoms with Crippen molar-refractivity contribution in [1.82, 2.24) is 0 Å². The van der Waals surface area contributed by atoms with Gasteiger partial charge in [0.25, 0.3) is 0 Å². The maximum atomic E-state index is 12.8. The average Bonchev–Trinajstić information content (AvgIpc) is 3.34. The molecule has 5 heteroatoms. The average molecular weight is 944 g/mol. The van der Waals surface area contributed by atoms with Gasteiger partial charge in [0.05, 0.1) is 6.61 Å². The van der Waals surface area contributed by atoms with Crippen LogP contribution in [0.5, 0.6) is 0 Å². The van der Waals surface area contributed by atoms with Crippen LogP contribution in [-0.4, -0.2) is 37.9 Å². The lowest BCUT2D eigenvalue weighted by atomic mass is 10.1. The summed E-state index contributed by atoms with van der Waals surface area (Å²) in [7, 11) is 0. The molecular weight excluding hydrogens is 837 g/mol. The molecular formula is C63H106O5. The minimum Gasteiger partial charge on any atom is -0.462 e. The van der Waals surface area contributed by atoms with Crippen LogP contribution >= 0.6 is 0 Å². The van der Waals surface area contributed by atoms with Crippen molar-refractivity contribution in [3.63, 3.8) is 0 Å². The molecule has 0 aliphatic rings. The minimum atomic E-state index is -0.562. The molecule has 0 rings (SSSR count). The molecule has 0 aliphatic heterocycles. The molecule has 0 amide bonds. The first-order valence-electron chi connectivity index (χ1n) is 28.4. The van der Waals surface area contributed by atoms with E-state index in [1.165, 1.54) is 103 Å². The zero-order valence-corrected chi connectivity index (χ0v) is 44.6. The highest BCUT2D eigenvalue weighted by Gasteiger charge is 2.17. The van der Waals surface area contributed by atoms with Crippen molar-refractivity contribution in [2.24, 2.45) is 0 Å². The third-order valence-corrected chi connectivity index (χ3v) is 11.8. The van der Waals surface area contributed by atoms with E-state index in [2.05, 4.69) is 130 Å². The smallest absolute Gasteiger partial charge is 0.306 e. The second kappa shape index (κ2) is 57.9. The molecule has 0 saturated carbocycles. The molecule has 1 unspecified atom stereocenters. The van der Waals surface area contributed by atoms with Crippen molar-refractivity contribution >= 4 is 11.9 Å². The Labute approximate surface area is 421 Å². The van der Waals surface area contributed by atoms with Crippen molar-refractivity contribution in [2.45, 2.75) is 258 Å². The first-order chi connectivity index (χ1) is 33.6. The molecule has 0 aromatic carbocycles. The summed E-state index contributed by atoms with van der Waals surface area (Å²) in [5, 5.41) is 0. The molecule has 5 nitrogen and oxygen atoms in total. The Hall–Kier alpha value is -3.44. The number of hydrogen-bond donors (Lipinski definition) is 0. The molecule has 0 heterocycles. The van der Waals surface area contributed by atoms with Gasteiger partial charge in [0.2, 0.25) is 0 Å². The number of esters is 2. The Balaban J connectivity index is 4.34. The number of unbranched alkanes of at least 4 members (excludes halogenated alkanes) is 22. The van der Waals surface area contributed by atoms with Crippen LogP contribution in [-0.2, 0) is 23.8 Å². The van der Waals surface area contributed by atoms with Gasteiger partial charge in [0.15, 0.2) is 6.10 Å². The standard InChI is InChI=1S/C63H106O5/c1-4-7-10-13-16-19-22-25-28-30-31-32-34-37-40-43-46-49-52-55-58-66-59-61(68-63(65)57-54-51-48-45-42-39-35-27-24-21-18-15-12-9-6-3)60-67-62(64)56-53-50-47-44-41-38-36-33-29-26-23-20-17-14-11-8-5-2/h8-9,11-12,16-21,25-29,31-32,35,61H,4-7,10,13-15,22-24,30,33-34,36-60H2,1-3H3/b11-8-,12-9-,19-16-,20-17-,21-18-,28-25-,29-26-,32-31-,35-27-. The van der Waals surface area contributed by atoms with Crippen LogP contribution in [0.4, 0.5) is 0 Å². The third kappa shape index (κ3) is 55.2. The number of carbonyl (C=O) groups is 2. The topological polar surface area (TPSA) is 61.8 Å². The monoisotopic (exact) mass is 943 g/mol. The molecule has 0 aromatic heterocycles. The molecule has 0 spiro atoms. The van der Waals surface area contributed by atoms with E-state index in [0.29, 0.717) is 19.4 Å². The van der Waals surface area contributed by atoms with Crippen molar-refractivity contribution in [3.05, 3.63) is 109 Å². The van der Waals surface area contributed by atoms with Gasteiger partial charge in [-0.3, -0.25) is 9.59 Å². The van der Waals surface area contributed by atoms with Gasteiger partial charge in [0.1, 0.15) is 6.61 Å². The van der Waals surface area contributed by atoms with E-state index in [-0.39, 0.29) is 25.2 Å². The lowest BCUT2D eigenvalue weighted by molar-refractivity contribution is -0.163. The zero-order valence-electron chi connectivity index (χ0n) is 44.6. The van der Waals surface area contributed by atoms with E-state index < -0.39 is 6.10 Å². The van der Waals surface area contributed by atoms with Gasteiger partial charge in [-0.2, -0.15) is 0 Å². The molecule has 68 heavy (non-hydrogen) atoms. The fraction of sp³-hybridized carbons (Fsp3) is 0.683.